The van der Waals surface area contributed by atoms with Crippen LogP contribution >= 0.6 is 11.3 Å². The summed E-state index contributed by atoms with van der Waals surface area (Å²) in [7, 11) is 0. The molecule has 0 aliphatic heterocycles. The van der Waals surface area contributed by atoms with Crippen molar-refractivity contribution in [1.82, 2.24) is 15.6 Å². The molecule has 3 rings (SSSR count). The molecule has 7 nitrogen and oxygen atoms in total. The van der Waals surface area contributed by atoms with Gasteiger partial charge < -0.3 is 21.1 Å². The van der Waals surface area contributed by atoms with Crippen molar-refractivity contribution < 1.29 is 27.9 Å². The smallest absolute Gasteiger partial charge is 0.384 e. The lowest BCUT2D eigenvalue weighted by Gasteiger charge is -2.35. The number of alkyl halides is 3. The van der Waals surface area contributed by atoms with Gasteiger partial charge in [-0.3, -0.25) is 9.59 Å². The lowest BCUT2D eigenvalue weighted by molar-refractivity contribution is -0.137. The van der Waals surface area contributed by atoms with Crippen LogP contribution in [0.3, 0.4) is 0 Å². The Morgan fingerprint density at radius 1 is 1.31 bits per heavy atom. The van der Waals surface area contributed by atoms with Gasteiger partial charge >= 0.3 is 6.18 Å². The molecular formula is C25H31F3N4O3S. The maximum absolute atomic E-state index is 12.8. The molecule has 1 fully saturated rings. The number of hydrogen-bond acceptors (Lipinski definition) is 6. The third-order valence-electron chi connectivity index (χ3n) is 6.42. The van der Waals surface area contributed by atoms with Crippen LogP contribution in [0.5, 0.6) is 0 Å². The first-order chi connectivity index (χ1) is 16.9. The summed E-state index contributed by atoms with van der Waals surface area (Å²) in [6.07, 6.45) is 0.776. The molecule has 1 saturated carbocycles. The van der Waals surface area contributed by atoms with Crippen molar-refractivity contribution in [3.63, 3.8) is 0 Å². The highest BCUT2D eigenvalue weighted by Gasteiger charge is 2.37. The molecule has 0 bridgehead atoms. The van der Waals surface area contributed by atoms with Crippen LogP contribution in [0.15, 0.2) is 30.5 Å². The minimum Gasteiger partial charge on any atom is -0.384 e. The molecule has 1 heterocycles. The van der Waals surface area contributed by atoms with E-state index < -0.39 is 35.7 Å². The van der Waals surface area contributed by atoms with Crippen LogP contribution in [0.2, 0.25) is 0 Å². The van der Waals surface area contributed by atoms with Crippen molar-refractivity contribution in [3.8, 4) is 0 Å². The van der Waals surface area contributed by atoms with E-state index in [4.69, 9.17) is 5.41 Å². The van der Waals surface area contributed by atoms with E-state index in [2.05, 4.69) is 15.6 Å². The Kier molecular flexibility index (Phi) is 8.89. The monoisotopic (exact) mass is 524 g/mol. The molecule has 1 aromatic heterocycles. The number of carbonyl (C=O) groups is 2. The molecule has 0 radical (unpaired) electrons. The zero-order valence-electron chi connectivity index (χ0n) is 20.2. The van der Waals surface area contributed by atoms with E-state index in [-0.39, 0.29) is 17.5 Å². The Labute approximate surface area is 212 Å². The molecular weight excluding hydrogens is 493 g/mol. The molecule has 11 heteroatoms. The van der Waals surface area contributed by atoms with E-state index in [0.29, 0.717) is 37.8 Å². The number of hydrogen-bond donors (Lipinski definition) is 4. The molecule has 1 atom stereocenters. The van der Waals surface area contributed by atoms with Crippen molar-refractivity contribution in [2.45, 2.75) is 70.2 Å². The summed E-state index contributed by atoms with van der Waals surface area (Å²) >= 11 is 1.53. The Morgan fingerprint density at radius 2 is 2.00 bits per heavy atom. The van der Waals surface area contributed by atoms with Gasteiger partial charge in [0.15, 0.2) is 0 Å². The van der Waals surface area contributed by atoms with Crippen molar-refractivity contribution in [3.05, 3.63) is 51.5 Å². The molecule has 1 aliphatic carbocycles. The van der Waals surface area contributed by atoms with Crippen LogP contribution in [0.1, 0.15) is 71.8 Å². The van der Waals surface area contributed by atoms with Crippen LogP contribution in [0.25, 0.3) is 0 Å². The van der Waals surface area contributed by atoms with E-state index in [0.717, 1.165) is 34.5 Å². The zero-order valence-corrected chi connectivity index (χ0v) is 21.1. The standard InChI is InChI=1S/C25H31F3N4O3S/c1-3-22-30-13-20(36-22)24(35)9-7-16(8-10-24)19(29)11-15(2)32-21(33)14-31-23(34)17-5-4-6-18(12-17)25(26,27)28/h4-6,12-13,15-16,29,35H,3,7-11,14H2,1-2H3,(H,31,34)(H,32,33)/t15-,16?,24?/m1/s1. The van der Waals surface area contributed by atoms with Crippen molar-refractivity contribution in [2.75, 3.05) is 6.54 Å². The molecule has 1 aromatic carbocycles. The predicted molar refractivity (Wildman–Crippen MR) is 131 cm³/mol. The molecule has 0 spiro atoms. The Balaban J connectivity index is 1.42. The maximum atomic E-state index is 12.8. The van der Waals surface area contributed by atoms with Gasteiger partial charge in [0.25, 0.3) is 5.91 Å². The van der Waals surface area contributed by atoms with E-state index in [1.807, 2.05) is 6.92 Å². The van der Waals surface area contributed by atoms with E-state index in [1.165, 1.54) is 17.4 Å². The summed E-state index contributed by atoms with van der Waals surface area (Å²) in [5, 5.41) is 25.5. The highest BCUT2D eigenvalue weighted by Crippen LogP contribution is 2.42. The summed E-state index contributed by atoms with van der Waals surface area (Å²) in [6, 6.07) is 3.63. The van der Waals surface area contributed by atoms with Gasteiger partial charge in [0.05, 0.1) is 22.0 Å². The predicted octanol–water partition coefficient (Wildman–Crippen LogP) is 4.45. The molecule has 2 amide bonds. The summed E-state index contributed by atoms with van der Waals surface area (Å²) < 4.78 is 38.5. The number of aryl methyl sites for hydroxylation is 1. The molecule has 2 aromatic rings. The number of halogens is 3. The molecule has 0 unspecified atom stereocenters. The number of carbonyl (C=O) groups excluding carboxylic acids is 2. The molecule has 196 valence electrons. The highest BCUT2D eigenvalue weighted by atomic mass is 32.1. The van der Waals surface area contributed by atoms with Gasteiger partial charge in [0.2, 0.25) is 5.91 Å². The van der Waals surface area contributed by atoms with Crippen LogP contribution in [0.4, 0.5) is 13.2 Å². The number of aliphatic hydroxyl groups is 1. The van der Waals surface area contributed by atoms with Gasteiger partial charge in [0, 0.05) is 29.9 Å². The fourth-order valence-corrected chi connectivity index (χ4v) is 5.35. The number of nitrogens with zero attached hydrogens (tertiary/aromatic N) is 1. The zero-order chi connectivity index (χ0) is 26.5. The quantitative estimate of drug-likeness (QED) is 0.363. The lowest BCUT2D eigenvalue weighted by atomic mass is 9.75. The number of nitrogens with one attached hydrogen (secondary N) is 3. The topological polar surface area (TPSA) is 115 Å². The van der Waals surface area contributed by atoms with Crippen molar-refractivity contribution >= 4 is 28.9 Å². The highest BCUT2D eigenvalue weighted by molar-refractivity contribution is 7.11. The minimum atomic E-state index is -4.57. The number of amides is 2. The van der Waals surface area contributed by atoms with Gasteiger partial charge in [-0.1, -0.05) is 13.0 Å². The van der Waals surface area contributed by atoms with Gasteiger partial charge in [-0.2, -0.15) is 13.2 Å². The summed E-state index contributed by atoms with van der Waals surface area (Å²) in [6.45, 7) is 3.39. The second-order valence-electron chi connectivity index (χ2n) is 9.24. The first kappa shape index (κ1) is 27.8. The molecule has 4 N–H and O–H groups in total. The number of rotatable bonds is 9. The largest absolute Gasteiger partial charge is 0.416 e. The third kappa shape index (κ3) is 7.13. The Bertz CT molecular complexity index is 1090. The summed E-state index contributed by atoms with van der Waals surface area (Å²) in [4.78, 5) is 29.6. The molecule has 36 heavy (non-hydrogen) atoms. The minimum absolute atomic E-state index is 0.0174. The maximum Gasteiger partial charge on any atom is 0.416 e. The second kappa shape index (κ2) is 11.5. The van der Waals surface area contributed by atoms with Gasteiger partial charge in [-0.05, 0) is 63.1 Å². The third-order valence-corrected chi connectivity index (χ3v) is 7.75. The van der Waals surface area contributed by atoms with Gasteiger partial charge in [0.1, 0.15) is 5.60 Å². The van der Waals surface area contributed by atoms with Crippen LogP contribution < -0.4 is 10.6 Å². The van der Waals surface area contributed by atoms with Crippen molar-refractivity contribution in [1.29, 1.82) is 5.41 Å². The van der Waals surface area contributed by atoms with Gasteiger partial charge in [-0.15, -0.1) is 11.3 Å². The SMILES string of the molecule is CCc1ncc(C2(O)CCC(C(=N)C[C@@H](C)NC(=O)CNC(=O)c3cccc(C(F)(F)F)c3)CC2)s1. The van der Waals surface area contributed by atoms with Crippen LogP contribution in [0, 0.1) is 11.3 Å². The second-order valence-corrected chi connectivity index (χ2v) is 10.4. The Morgan fingerprint density at radius 3 is 2.61 bits per heavy atom. The van der Waals surface area contributed by atoms with E-state index in [9.17, 15) is 27.9 Å². The lowest BCUT2D eigenvalue weighted by Crippen LogP contribution is -2.42. The average molecular weight is 525 g/mol. The first-order valence-electron chi connectivity index (χ1n) is 11.9. The van der Waals surface area contributed by atoms with E-state index >= 15 is 0 Å². The van der Waals surface area contributed by atoms with Crippen LogP contribution in [-0.2, 0) is 23.0 Å². The number of aromatic nitrogens is 1. The fraction of sp³-hybridized carbons (Fsp3) is 0.520. The Hall–Kier alpha value is -2.79. The van der Waals surface area contributed by atoms with Crippen LogP contribution in [-0.4, -0.2) is 40.2 Å². The van der Waals surface area contributed by atoms with Gasteiger partial charge in [-0.25, -0.2) is 4.98 Å². The summed E-state index contributed by atoms with van der Waals surface area (Å²) in [5.41, 5.74) is -1.53. The summed E-state index contributed by atoms with van der Waals surface area (Å²) in [5.74, 6) is -1.26. The van der Waals surface area contributed by atoms with Crippen molar-refractivity contribution in [2.24, 2.45) is 5.92 Å². The van der Waals surface area contributed by atoms with E-state index in [1.54, 1.807) is 13.1 Å². The number of benzene rings is 1. The fourth-order valence-electron chi connectivity index (χ4n) is 4.35. The number of thiazole rings is 1. The average Bonchev–Trinajstić information content (AvgIpc) is 3.33. The normalized spacial score (nSPS) is 21.0. The molecule has 0 saturated heterocycles. The first-order valence-corrected chi connectivity index (χ1v) is 12.7. The molecule has 1 aliphatic rings.